The second-order valence-corrected chi connectivity index (χ2v) is 17.7. The summed E-state index contributed by atoms with van der Waals surface area (Å²) in [6, 6.07) is 13.1. The number of hydrogen-bond donors (Lipinski definition) is 2. The first-order valence-corrected chi connectivity index (χ1v) is 21.6. The van der Waals surface area contributed by atoms with Crippen LogP contribution in [0.15, 0.2) is 42.5 Å². The fraction of sp³-hybridized carbons (Fsp3) is 0.500. The zero-order valence-corrected chi connectivity index (χ0v) is 34.5. The first kappa shape index (κ1) is 40.7. The normalized spacial score (nSPS) is 24.3. The van der Waals surface area contributed by atoms with Gasteiger partial charge in [-0.15, -0.1) is 10.2 Å². The lowest BCUT2D eigenvalue weighted by Gasteiger charge is -2.56. The molecule has 5 amide bonds. The molecular weight excluding hydrogens is 805 g/mol. The van der Waals surface area contributed by atoms with Crippen molar-refractivity contribution in [3.63, 3.8) is 0 Å². The monoisotopic (exact) mass is 851 g/mol. The highest BCUT2D eigenvalue weighted by molar-refractivity contribution is 6.31. The summed E-state index contributed by atoms with van der Waals surface area (Å²) in [5, 5.41) is 23.5. The third-order valence-electron chi connectivity index (χ3n) is 13.7. The maximum absolute atomic E-state index is 15.5. The minimum absolute atomic E-state index is 0.0190. The van der Waals surface area contributed by atoms with Crippen molar-refractivity contribution in [3.05, 3.63) is 75.7 Å². The second-order valence-electron chi connectivity index (χ2n) is 17.3. The molecule has 9 rings (SSSR count). The summed E-state index contributed by atoms with van der Waals surface area (Å²) in [6.45, 7) is 4.67. The third-order valence-corrected chi connectivity index (χ3v) is 14.0. The van der Waals surface area contributed by atoms with Crippen molar-refractivity contribution in [3.8, 4) is 11.8 Å². The van der Waals surface area contributed by atoms with Gasteiger partial charge in [0.15, 0.2) is 11.5 Å². The molecule has 1 unspecified atom stereocenters. The molecule has 5 heterocycles. The molecule has 2 aromatic carbocycles. The SMILES string of the molecule is N#CCc1ccc(OC2CCC(NC(=O)c3ccc(N4CCN(C5CC6(CCN(c7cc8c(cc7F)C(=O)N(C7CCC(=O)NC7=O)C8=O)CC6)C5)CC4)nn3)CC2)cc1Cl. The maximum atomic E-state index is 15.5. The Hall–Kier alpha value is -5.66. The van der Waals surface area contributed by atoms with Crippen LogP contribution >= 0.6 is 11.6 Å². The van der Waals surface area contributed by atoms with Gasteiger partial charge in [-0.05, 0) is 105 Å². The summed E-state index contributed by atoms with van der Waals surface area (Å²) in [6.07, 6.45) is 7.45. The van der Waals surface area contributed by atoms with E-state index in [0.29, 0.717) is 29.9 Å². The van der Waals surface area contributed by atoms with Gasteiger partial charge in [0, 0.05) is 62.8 Å². The summed E-state index contributed by atoms with van der Waals surface area (Å²) in [5.74, 6) is -1.88. The van der Waals surface area contributed by atoms with E-state index in [4.69, 9.17) is 21.6 Å². The molecule has 17 heteroatoms. The fourth-order valence-electron chi connectivity index (χ4n) is 10.1. The number of imide groups is 2. The van der Waals surface area contributed by atoms with Gasteiger partial charge in [0.05, 0.1) is 35.4 Å². The zero-order valence-electron chi connectivity index (χ0n) is 33.7. The van der Waals surface area contributed by atoms with Crippen LogP contribution in [-0.4, -0.2) is 113 Å². The van der Waals surface area contributed by atoms with Crippen molar-refractivity contribution >= 4 is 52.6 Å². The van der Waals surface area contributed by atoms with Gasteiger partial charge in [-0.1, -0.05) is 17.7 Å². The smallest absolute Gasteiger partial charge is 0.272 e. The quantitative estimate of drug-likeness (QED) is 0.290. The number of carbonyl (C=O) groups excluding carboxylic acids is 5. The number of hydrogen-bond acceptors (Lipinski definition) is 12. The summed E-state index contributed by atoms with van der Waals surface area (Å²) < 4.78 is 21.7. The molecule has 5 fully saturated rings. The number of halogens is 2. The van der Waals surface area contributed by atoms with Gasteiger partial charge in [0.25, 0.3) is 17.7 Å². The molecule has 0 radical (unpaired) electrons. The molecule has 318 valence electrons. The molecule has 15 nitrogen and oxygen atoms in total. The standard InChI is InChI=1S/C44H47ClFN9O6/c45-33-21-30(4-1-26(33)11-14-47)61-29-5-2-27(3-6-29)48-40(57)35-7-9-38(51-50-35)54-19-17-52(18-20-54)28-24-44(25-28)12-15-53(16-13-44)37-23-32-31(22-34(37)46)42(59)55(43(32)60)36-8-10-39(56)49-41(36)58/h1,4,7,9,21-23,27-29,36H,2-3,5-6,8,10-13,15-20,24-25H2,(H,48,57)(H,49,56,58). The molecule has 4 aliphatic heterocycles. The van der Waals surface area contributed by atoms with Crippen LogP contribution in [0.1, 0.15) is 101 Å². The second kappa shape index (κ2) is 16.7. The van der Waals surface area contributed by atoms with E-state index >= 15 is 4.39 Å². The Morgan fingerprint density at radius 3 is 2.28 bits per heavy atom. The number of aromatic nitrogens is 2. The molecule has 0 bridgehead atoms. The molecule has 2 saturated carbocycles. The van der Waals surface area contributed by atoms with Crippen molar-refractivity contribution in [2.45, 2.75) is 94.9 Å². The molecular formula is C44H47ClFN9O6. The van der Waals surface area contributed by atoms with Gasteiger partial charge in [0.2, 0.25) is 11.8 Å². The van der Waals surface area contributed by atoms with Gasteiger partial charge >= 0.3 is 0 Å². The summed E-state index contributed by atoms with van der Waals surface area (Å²) >= 11 is 6.30. The highest BCUT2D eigenvalue weighted by Gasteiger charge is 2.49. The van der Waals surface area contributed by atoms with Gasteiger partial charge in [-0.2, -0.15) is 5.26 Å². The number of ether oxygens (including phenoxy) is 1. The van der Waals surface area contributed by atoms with Gasteiger partial charge in [0.1, 0.15) is 17.6 Å². The van der Waals surface area contributed by atoms with Crippen molar-refractivity contribution in [2.24, 2.45) is 5.41 Å². The van der Waals surface area contributed by atoms with E-state index in [-0.39, 0.29) is 65.2 Å². The van der Waals surface area contributed by atoms with Crippen LogP contribution in [0.4, 0.5) is 15.9 Å². The van der Waals surface area contributed by atoms with Crippen molar-refractivity contribution in [1.82, 2.24) is 30.6 Å². The topological polar surface area (TPSA) is 181 Å². The first-order valence-electron chi connectivity index (χ1n) is 21.2. The molecule has 3 saturated heterocycles. The number of nitriles is 1. The fourth-order valence-corrected chi connectivity index (χ4v) is 10.3. The lowest BCUT2D eigenvalue weighted by atomic mass is 9.60. The van der Waals surface area contributed by atoms with Crippen LogP contribution in [0.3, 0.4) is 0 Å². The lowest BCUT2D eigenvalue weighted by Crippen LogP contribution is -2.59. The summed E-state index contributed by atoms with van der Waals surface area (Å²) in [5.41, 5.74) is 1.58. The predicted octanol–water partition coefficient (Wildman–Crippen LogP) is 4.43. The van der Waals surface area contributed by atoms with E-state index in [0.717, 1.165) is 99.9 Å². The molecule has 61 heavy (non-hydrogen) atoms. The molecule has 1 atom stereocenters. The third kappa shape index (κ3) is 8.13. The molecule has 3 aromatic rings. The van der Waals surface area contributed by atoms with Crippen LogP contribution in [0.2, 0.25) is 5.02 Å². The van der Waals surface area contributed by atoms with Crippen molar-refractivity contribution < 1.29 is 33.1 Å². The number of piperazine rings is 1. The van der Waals surface area contributed by atoms with E-state index in [1.165, 1.54) is 6.07 Å². The van der Waals surface area contributed by atoms with E-state index in [9.17, 15) is 24.0 Å². The van der Waals surface area contributed by atoms with E-state index < -0.39 is 35.5 Å². The molecule has 6 aliphatic rings. The average Bonchev–Trinajstić information content (AvgIpc) is 3.48. The van der Waals surface area contributed by atoms with Gasteiger partial charge < -0.3 is 19.9 Å². The van der Waals surface area contributed by atoms with Crippen LogP contribution in [0, 0.1) is 22.6 Å². The van der Waals surface area contributed by atoms with E-state index in [1.54, 1.807) is 12.1 Å². The number of benzene rings is 2. The summed E-state index contributed by atoms with van der Waals surface area (Å²) in [7, 11) is 0. The summed E-state index contributed by atoms with van der Waals surface area (Å²) in [4.78, 5) is 71.2. The lowest BCUT2D eigenvalue weighted by molar-refractivity contribution is -0.136. The van der Waals surface area contributed by atoms with Gasteiger partial charge in [-0.25, -0.2) is 4.39 Å². The first-order chi connectivity index (χ1) is 29.5. The van der Waals surface area contributed by atoms with Crippen molar-refractivity contribution in [1.29, 1.82) is 5.26 Å². The van der Waals surface area contributed by atoms with Crippen LogP contribution < -0.4 is 25.2 Å². The number of piperidine rings is 2. The zero-order chi connectivity index (χ0) is 42.4. The van der Waals surface area contributed by atoms with Crippen molar-refractivity contribution in [2.75, 3.05) is 49.1 Å². The molecule has 2 aliphatic carbocycles. The van der Waals surface area contributed by atoms with E-state index in [2.05, 4.69) is 36.7 Å². The minimum atomic E-state index is -1.10. The number of nitrogens with one attached hydrogen (secondary N) is 2. The predicted molar refractivity (Wildman–Crippen MR) is 221 cm³/mol. The number of nitrogens with zero attached hydrogens (tertiary/aromatic N) is 7. The number of carbonyl (C=O) groups is 5. The number of amides is 5. The number of fused-ring (bicyclic) bond motifs is 1. The Labute approximate surface area is 357 Å². The van der Waals surface area contributed by atoms with Gasteiger partial charge in [-0.3, -0.25) is 39.1 Å². The minimum Gasteiger partial charge on any atom is -0.490 e. The molecule has 1 aromatic heterocycles. The largest absolute Gasteiger partial charge is 0.490 e. The highest BCUT2D eigenvalue weighted by atomic mass is 35.5. The highest BCUT2D eigenvalue weighted by Crippen LogP contribution is 2.52. The Morgan fingerprint density at radius 1 is 0.902 bits per heavy atom. The maximum Gasteiger partial charge on any atom is 0.272 e. The Kier molecular flexibility index (Phi) is 11.1. The number of anilines is 2. The number of rotatable bonds is 9. The Bertz CT molecular complexity index is 2290. The molecule has 2 N–H and O–H groups in total. The Morgan fingerprint density at radius 2 is 1.62 bits per heavy atom. The Balaban J connectivity index is 0.705. The molecule has 1 spiro atoms. The van der Waals surface area contributed by atoms with Crippen LogP contribution in [-0.2, 0) is 16.0 Å². The van der Waals surface area contributed by atoms with Crippen LogP contribution in [0.5, 0.6) is 5.75 Å². The van der Waals surface area contributed by atoms with Crippen LogP contribution in [0.25, 0.3) is 0 Å². The average molecular weight is 852 g/mol. The van der Waals surface area contributed by atoms with E-state index in [1.807, 2.05) is 23.1 Å².